The normalized spacial score (nSPS) is 23.1. The zero-order valence-electron chi connectivity index (χ0n) is 10.2. The van der Waals surface area contributed by atoms with Gasteiger partial charge in [-0.1, -0.05) is 20.3 Å². The van der Waals surface area contributed by atoms with Gasteiger partial charge in [-0.15, -0.1) is 0 Å². The van der Waals surface area contributed by atoms with Crippen LogP contribution in [-0.2, 0) is 14.8 Å². The Balaban J connectivity index is 0.000000583. The minimum absolute atomic E-state index is 0.0773. The fourth-order valence-corrected chi connectivity index (χ4v) is 2.30. The number of methoxy groups -OCH3 is 1. The third kappa shape index (κ3) is 6.12. The van der Waals surface area contributed by atoms with Crippen molar-refractivity contribution in [2.45, 2.75) is 39.2 Å². The van der Waals surface area contributed by atoms with Crippen LogP contribution in [0.25, 0.3) is 0 Å². The fourth-order valence-electron chi connectivity index (χ4n) is 1.40. The lowest BCUT2D eigenvalue weighted by atomic mass is 10.1. The highest BCUT2D eigenvalue weighted by Crippen LogP contribution is 2.14. The number of sulfonamides is 1. The summed E-state index contributed by atoms with van der Waals surface area (Å²) in [6.07, 6.45) is 4.42. The van der Waals surface area contributed by atoms with Gasteiger partial charge in [-0.25, -0.2) is 8.42 Å². The lowest BCUT2D eigenvalue weighted by Gasteiger charge is -2.29. The standard InChI is InChI=1S/C7H15NO3S.C3H8/c1-11-7-4-3-5-8(6-7)12(2,9)10;1-3-2/h7H,3-6H2,1-2H3;3H2,1-2H3. The van der Waals surface area contributed by atoms with E-state index in [9.17, 15) is 8.42 Å². The molecule has 0 aromatic carbocycles. The van der Waals surface area contributed by atoms with E-state index in [1.54, 1.807) is 7.11 Å². The maximum absolute atomic E-state index is 11.1. The van der Waals surface area contributed by atoms with Crippen molar-refractivity contribution in [1.29, 1.82) is 0 Å². The van der Waals surface area contributed by atoms with Gasteiger partial charge >= 0.3 is 0 Å². The number of ether oxygens (including phenoxy) is 1. The lowest BCUT2D eigenvalue weighted by molar-refractivity contribution is 0.0574. The van der Waals surface area contributed by atoms with Crippen LogP contribution in [0.4, 0.5) is 0 Å². The van der Waals surface area contributed by atoms with Gasteiger partial charge in [0.15, 0.2) is 0 Å². The average molecular weight is 237 g/mol. The smallest absolute Gasteiger partial charge is 0.211 e. The molecule has 5 heteroatoms. The Bertz CT molecular complexity index is 251. The van der Waals surface area contributed by atoms with Crippen molar-refractivity contribution in [1.82, 2.24) is 4.31 Å². The third-order valence-corrected chi connectivity index (χ3v) is 3.41. The van der Waals surface area contributed by atoms with E-state index in [1.807, 2.05) is 0 Å². The van der Waals surface area contributed by atoms with Crippen LogP contribution in [0.3, 0.4) is 0 Å². The molecule has 1 unspecified atom stereocenters. The maximum atomic E-state index is 11.1. The highest BCUT2D eigenvalue weighted by Gasteiger charge is 2.25. The van der Waals surface area contributed by atoms with Crippen molar-refractivity contribution >= 4 is 10.0 Å². The molecule has 1 aliphatic rings. The van der Waals surface area contributed by atoms with E-state index in [0.717, 1.165) is 12.8 Å². The van der Waals surface area contributed by atoms with Crippen LogP contribution in [0.1, 0.15) is 33.1 Å². The number of hydrogen-bond acceptors (Lipinski definition) is 3. The molecule has 0 saturated carbocycles. The molecule has 15 heavy (non-hydrogen) atoms. The summed E-state index contributed by atoms with van der Waals surface area (Å²) < 4.78 is 28.8. The van der Waals surface area contributed by atoms with Gasteiger partial charge in [-0.05, 0) is 12.8 Å². The highest BCUT2D eigenvalue weighted by molar-refractivity contribution is 7.88. The van der Waals surface area contributed by atoms with Crippen molar-refractivity contribution in [3.63, 3.8) is 0 Å². The predicted molar refractivity (Wildman–Crippen MR) is 62.4 cm³/mol. The van der Waals surface area contributed by atoms with E-state index in [1.165, 1.54) is 17.0 Å². The summed E-state index contributed by atoms with van der Waals surface area (Å²) in [5.74, 6) is 0. The van der Waals surface area contributed by atoms with Gasteiger partial charge in [0, 0.05) is 20.2 Å². The van der Waals surface area contributed by atoms with Crippen LogP contribution in [0.15, 0.2) is 0 Å². The van der Waals surface area contributed by atoms with E-state index in [2.05, 4.69) is 13.8 Å². The van der Waals surface area contributed by atoms with Crippen molar-refractivity contribution < 1.29 is 13.2 Å². The number of rotatable bonds is 2. The van der Waals surface area contributed by atoms with Crippen molar-refractivity contribution in [3.05, 3.63) is 0 Å². The van der Waals surface area contributed by atoms with E-state index in [4.69, 9.17) is 4.74 Å². The van der Waals surface area contributed by atoms with Crippen LogP contribution in [0.2, 0.25) is 0 Å². The molecule has 1 fully saturated rings. The summed E-state index contributed by atoms with van der Waals surface area (Å²) in [4.78, 5) is 0. The molecule has 1 atom stereocenters. The Morgan fingerprint density at radius 2 is 1.93 bits per heavy atom. The molecule has 0 bridgehead atoms. The Hall–Kier alpha value is -0.130. The molecule has 4 nitrogen and oxygen atoms in total. The molecule has 1 saturated heterocycles. The van der Waals surface area contributed by atoms with Gasteiger partial charge in [-0.2, -0.15) is 4.31 Å². The zero-order chi connectivity index (χ0) is 11.9. The SMILES string of the molecule is CCC.COC1CCCN(S(C)(=O)=O)C1. The zero-order valence-corrected chi connectivity index (χ0v) is 11.0. The molecule has 1 rings (SSSR count). The Morgan fingerprint density at radius 3 is 2.33 bits per heavy atom. The second kappa shape index (κ2) is 7.19. The first kappa shape index (κ1) is 14.9. The summed E-state index contributed by atoms with van der Waals surface area (Å²) in [7, 11) is -1.39. The second-order valence-electron chi connectivity index (χ2n) is 3.83. The summed E-state index contributed by atoms with van der Waals surface area (Å²) in [5.41, 5.74) is 0. The Morgan fingerprint density at radius 1 is 1.40 bits per heavy atom. The molecular weight excluding hydrogens is 214 g/mol. The third-order valence-electron chi connectivity index (χ3n) is 2.14. The Kier molecular flexibility index (Phi) is 7.13. The van der Waals surface area contributed by atoms with Crippen LogP contribution in [0.5, 0.6) is 0 Å². The van der Waals surface area contributed by atoms with Crippen molar-refractivity contribution in [2.24, 2.45) is 0 Å². The summed E-state index contributed by atoms with van der Waals surface area (Å²) in [6.45, 7) is 5.40. The van der Waals surface area contributed by atoms with Gasteiger partial charge in [0.25, 0.3) is 0 Å². The molecule has 0 spiro atoms. The van der Waals surface area contributed by atoms with Crippen molar-refractivity contribution in [3.8, 4) is 0 Å². The predicted octanol–water partition coefficient (Wildman–Crippen LogP) is 1.47. The molecule has 92 valence electrons. The van der Waals surface area contributed by atoms with E-state index in [0.29, 0.717) is 13.1 Å². The van der Waals surface area contributed by atoms with Gasteiger partial charge in [-0.3, -0.25) is 0 Å². The monoisotopic (exact) mass is 237 g/mol. The highest BCUT2D eigenvalue weighted by atomic mass is 32.2. The maximum Gasteiger partial charge on any atom is 0.211 e. The molecule has 0 aromatic heterocycles. The van der Waals surface area contributed by atoms with Gasteiger partial charge in [0.05, 0.1) is 12.4 Å². The summed E-state index contributed by atoms with van der Waals surface area (Å²) in [5, 5.41) is 0. The minimum Gasteiger partial charge on any atom is -0.380 e. The topological polar surface area (TPSA) is 46.6 Å². The first-order chi connectivity index (χ1) is 6.95. The van der Waals surface area contributed by atoms with Gasteiger partial charge in [0.1, 0.15) is 0 Å². The molecule has 0 aromatic rings. The molecule has 1 aliphatic heterocycles. The molecule has 0 amide bonds. The largest absolute Gasteiger partial charge is 0.380 e. The van der Waals surface area contributed by atoms with Crippen LogP contribution in [-0.4, -0.2) is 45.3 Å². The molecule has 0 radical (unpaired) electrons. The number of hydrogen-bond donors (Lipinski definition) is 0. The second-order valence-corrected chi connectivity index (χ2v) is 5.81. The van der Waals surface area contributed by atoms with E-state index < -0.39 is 10.0 Å². The molecule has 1 heterocycles. The number of piperidine rings is 1. The van der Waals surface area contributed by atoms with E-state index >= 15 is 0 Å². The van der Waals surface area contributed by atoms with Crippen molar-refractivity contribution in [2.75, 3.05) is 26.5 Å². The Labute approximate surface area is 93.7 Å². The number of nitrogens with zero attached hydrogens (tertiary/aromatic N) is 1. The summed E-state index contributed by atoms with van der Waals surface area (Å²) >= 11 is 0. The molecule has 0 aliphatic carbocycles. The van der Waals surface area contributed by atoms with E-state index in [-0.39, 0.29) is 6.10 Å². The van der Waals surface area contributed by atoms with Crippen LogP contribution < -0.4 is 0 Å². The first-order valence-electron chi connectivity index (χ1n) is 5.43. The quantitative estimate of drug-likeness (QED) is 0.730. The fraction of sp³-hybridized carbons (Fsp3) is 1.00. The van der Waals surface area contributed by atoms with Gasteiger partial charge in [0.2, 0.25) is 10.0 Å². The molecule has 0 N–H and O–H groups in total. The van der Waals surface area contributed by atoms with Gasteiger partial charge < -0.3 is 4.74 Å². The molecular formula is C10H23NO3S. The average Bonchev–Trinajstić information content (AvgIpc) is 2.18. The minimum atomic E-state index is -3.02. The van der Waals surface area contributed by atoms with Crippen LogP contribution in [0, 0.1) is 0 Å². The van der Waals surface area contributed by atoms with Crippen LogP contribution >= 0.6 is 0 Å². The first-order valence-corrected chi connectivity index (χ1v) is 7.28. The lowest BCUT2D eigenvalue weighted by Crippen LogP contribution is -2.42. The summed E-state index contributed by atoms with van der Waals surface area (Å²) in [6, 6.07) is 0.